The fourth-order valence-corrected chi connectivity index (χ4v) is 1.41. The summed E-state index contributed by atoms with van der Waals surface area (Å²) in [5.41, 5.74) is 0.995. The summed E-state index contributed by atoms with van der Waals surface area (Å²) in [7, 11) is 0. The topological polar surface area (TPSA) is 49.3 Å². The van der Waals surface area contributed by atoms with Crippen LogP contribution in [0.25, 0.3) is 0 Å². The van der Waals surface area contributed by atoms with Crippen molar-refractivity contribution in [3.8, 4) is 0 Å². The highest BCUT2D eigenvalue weighted by molar-refractivity contribution is 6.40. The standard InChI is InChI=1S/C8H6ClNO2/c9-8(12)7(11)5-3-1-2-4-6(5)10-8/h1-4,10,12H. The van der Waals surface area contributed by atoms with Gasteiger partial charge in [-0.2, -0.15) is 0 Å². The van der Waals surface area contributed by atoms with Gasteiger partial charge in [0.1, 0.15) is 0 Å². The average molecular weight is 184 g/mol. The lowest BCUT2D eigenvalue weighted by atomic mass is 10.1. The Morgan fingerprint density at radius 3 is 2.75 bits per heavy atom. The molecule has 0 aliphatic carbocycles. The van der Waals surface area contributed by atoms with Crippen LogP contribution in [0.4, 0.5) is 5.69 Å². The molecular weight excluding hydrogens is 178 g/mol. The van der Waals surface area contributed by atoms with Crippen LogP contribution in [-0.2, 0) is 0 Å². The Balaban J connectivity index is 2.57. The number of Topliss-reactive ketones (excluding diaryl/α,β-unsaturated/α-hetero) is 1. The van der Waals surface area contributed by atoms with Crippen molar-refractivity contribution in [1.82, 2.24) is 0 Å². The summed E-state index contributed by atoms with van der Waals surface area (Å²) in [5.74, 6) is -0.500. The van der Waals surface area contributed by atoms with Gasteiger partial charge in [0.2, 0.25) is 5.78 Å². The molecule has 0 spiro atoms. The summed E-state index contributed by atoms with van der Waals surface area (Å²) in [6, 6.07) is 6.78. The van der Waals surface area contributed by atoms with Crippen molar-refractivity contribution in [2.75, 3.05) is 5.32 Å². The third kappa shape index (κ3) is 0.906. The van der Waals surface area contributed by atoms with Gasteiger partial charge in [0.15, 0.2) is 0 Å². The molecular formula is C8H6ClNO2. The van der Waals surface area contributed by atoms with Crippen LogP contribution in [0.3, 0.4) is 0 Å². The van der Waals surface area contributed by atoms with E-state index in [1.165, 1.54) is 0 Å². The zero-order valence-electron chi connectivity index (χ0n) is 6.04. The van der Waals surface area contributed by atoms with E-state index in [9.17, 15) is 9.90 Å². The van der Waals surface area contributed by atoms with E-state index in [-0.39, 0.29) is 0 Å². The highest BCUT2D eigenvalue weighted by Crippen LogP contribution is 2.32. The molecule has 0 bridgehead atoms. The van der Waals surface area contributed by atoms with Crippen LogP contribution in [0.15, 0.2) is 24.3 Å². The fraction of sp³-hybridized carbons (Fsp3) is 0.125. The number of hydrogen-bond donors (Lipinski definition) is 2. The number of ketones is 1. The second-order valence-corrected chi connectivity index (χ2v) is 3.17. The first kappa shape index (κ1) is 7.58. The van der Waals surface area contributed by atoms with E-state index in [2.05, 4.69) is 5.32 Å². The number of nitrogens with one attached hydrogen (secondary N) is 1. The molecule has 0 saturated heterocycles. The van der Waals surface area contributed by atoms with Crippen molar-refractivity contribution in [3.05, 3.63) is 29.8 Å². The summed E-state index contributed by atoms with van der Waals surface area (Å²) in [4.78, 5) is 11.3. The van der Waals surface area contributed by atoms with Gasteiger partial charge < -0.3 is 10.4 Å². The number of hydrogen-bond acceptors (Lipinski definition) is 3. The van der Waals surface area contributed by atoms with Crippen LogP contribution in [-0.4, -0.2) is 16.1 Å². The first-order valence-corrected chi connectivity index (χ1v) is 3.82. The molecule has 2 N–H and O–H groups in total. The smallest absolute Gasteiger partial charge is 0.280 e. The number of aliphatic hydroxyl groups is 1. The SMILES string of the molecule is O=C1c2ccccc2NC1(O)Cl. The molecule has 4 heteroatoms. The van der Waals surface area contributed by atoms with E-state index < -0.39 is 11.0 Å². The van der Waals surface area contributed by atoms with Gasteiger partial charge in [-0.25, -0.2) is 0 Å². The maximum absolute atomic E-state index is 11.3. The van der Waals surface area contributed by atoms with Crippen LogP contribution in [0.1, 0.15) is 10.4 Å². The molecule has 1 aromatic carbocycles. The van der Waals surface area contributed by atoms with Gasteiger partial charge in [0, 0.05) is 11.3 Å². The minimum Gasteiger partial charge on any atom is -0.352 e. The number of alkyl halides is 1. The maximum Gasteiger partial charge on any atom is 0.280 e. The Labute approximate surface area is 74.0 Å². The normalized spacial score (nSPS) is 26.7. The van der Waals surface area contributed by atoms with Crippen LogP contribution < -0.4 is 5.32 Å². The number of anilines is 1. The molecule has 0 saturated carbocycles. The van der Waals surface area contributed by atoms with Gasteiger partial charge in [-0.15, -0.1) is 0 Å². The molecule has 0 radical (unpaired) electrons. The van der Waals surface area contributed by atoms with Crippen molar-refractivity contribution in [1.29, 1.82) is 0 Å². The maximum atomic E-state index is 11.3. The Morgan fingerprint density at radius 2 is 2.08 bits per heavy atom. The third-order valence-corrected chi connectivity index (χ3v) is 2.04. The summed E-state index contributed by atoms with van der Waals surface area (Å²) < 4.78 is 0. The predicted octanol–water partition coefficient (Wildman–Crippen LogP) is 1.18. The molecule has 1 aromatic rings. The van der Waals surface area contributed by atoms with Crippen molar-refractivity contribution in [2.24, 2.45) is 0 Å². The van der Waals surface area contributed by atoms with Gasteiger partial charge in [-0.05, 0) is 12.1 Å². The molecule has 0 fully saturated rings. The number of carbonyl (C=O) groups is 1. The van der Waals surface area contributed by atoms with Crippen molar-refractivity contribution in [2.45, 2.75) is 5.18 Å². The van der Waals surface area contributed by atoms with E-state index in [0.717, 1.165) is 0 Å². The second kappa shape index (κ2) is 2.21. The van der Waals surface area contributed by atoms with E-state index >= 15 is 0 Å². The Hall–Kier alpha value is -1.06. The number of rotatable bonds is 0. The Bertz CT molecular complexity index is 349. The molecule has 1 aliphatic heterocycles. The highest BCUT2D eigenvalue weighted by Gasteiger charge is 2.41. The third-order valence-electron chi connectivity index (χ3n) is 1.77. The van der Waals surface area contributed by atoms with Gasteiger partial charge in [0.05, 0.1) is 0 Å². The van der Waals surface area contributed by atoms with E-state index in [1.807, 2.05) is 0 Å². The number of carbonyl (C=O) groups excluding carboxylic acids is 1. The van der Waals surface area contributed by atoms with E-state index in [1.54, 1.807) is 24.3 Å². The van der Waals surface area contributed by atoms with Crippen molar-refractivity contribution in [3.63, 3.8) is 0 Å². The summed E-state index contributed by atoms with van der Waals surface area (Å²) in [6.07, 6.45) is 0. The monoisotopic (exact) mass is 183 g/mol. The van der Waals surface area contributed by atoms with Gasteiger partial charge in [-0.3, -0.25) is 4.79 Å². The van der Waals surface area contributed by atoms with Gasteiger partial charge in [0.25, 0.3) is 5.18 Å². The highest BCUT2D eigenvalue weighted by atomic mass is 35.5. The minimum absolute atomic E-state index is 0.426. The number of benzene rings is 1. The molecule has 1 aliphatic rings. The number of halogens is 1. The van der Waals surface area contributed by atoms with Crippen molar-refractivity contribution < 1.29 is 9.90 Å². The molecule has 0 amide bonds. The molecule has 1 heterocycles. The first-order chi connectivity index (χ1) is 5.61. The van der Waals surface area contributed by atoms with E-state index in [4.69, 9.17) is 11.6 Å². The largest absolute Gasteiger partial charge is 0.352 e. The summed E-state index contributed by atoms with van der Waals surface area (Å²) >= 11 is 5.48. The van der Waals surface area contributed by atoms with Crippen LogP contribution in [0.2, 0.25) is 0 Å². The number of para-hydroxylation sites is 1. The molecule has 1 unspecified atom stereocenters. The van der Waals surface area contributed by atoms with Gasteiger partial charge in [-0.1, -0.05) is 23.7 Å². The number of fused-ring (bicyclic) bond motifs is 1. The Kier molecular flexibility index (Phi) is 1.40. The van der Waals surface area contributed by atoms with Gasteiger partial charge >= 0.3 is 0 Å². The summed E-state index contributed by atoms with van der Waals surface area (Å²) in [5, 5.41) is 9.83. The zero-order valence-corrected chi connectivity index (χ0v) is 6.80. The van der Waals surface area contributed by atoms with Crippen LogP contribution >= 0.6 is 11.6 Å². The molecule has 12 heavy (non-hydrogen) atoms. The zero-order chi connectivity index (χ0) is 8.77. The van der Waals surface area contributed by atoms with E-state index in [0.29, 0.717) is 11.3 Å². The lowest BCUT2D eigenvalue weighted by molar-refractivity contribution is 0.0735. The Morgan fingerprint density at radius 1 is 1.42 bits per heavy atom. The quantitative estimate of drug-likeness (QED) is 0.469. The molecule has 2 rings (SSSR count). The lowest BCUT2D eigenvalue weighted by Crippen LogP contribution is -2.34. The average Bonchev–Trinajstić information content (AvgIpc) is 2.24. The molecule has 0 aromatic heterocycles. The first-order valence-electron chi connectivity index (χ1n) is 3.44. The predicted molar refractivity (Wildman–Crippen MR) is 45.2 cm³/mol. The molecule has 62 valence electrons. The minimum atomic E-state index is -1.95. The molecule has 1 atom stereocenters. The summed E-state index contributed by atoms with van der Waals surface area (Å²) in [6.45, 7) is 0. The molecule has 3 nitrogen and oxygen atoms in total. The van der Waals surface area contributed by atoms with Crippen LogP contribution in [0, 0.1) is 0 Å². The second-order valence-electron chi connectivity index (χ2n) is 2.62. The fourth-order valence-electron chi connectivity index (χ4n) is 1.20. The van der Waals surface area contributed by atoms with Crippen molar-refractivity contribution >= 4 is 23.1 Å². The van der Waals surface area contributed by atoms with Crippen LogP contribution in [0.5, 0.6) is 0 Å². The lowest BCUT2D eigenvalue weighted by Gasteiger charge is -2.10.